The van der Waals surface area contributed by atoms with Crippen molar-refractivity contribution in [2.75, 3.05) is 19.6 Å². The molecular formula is C19H18Cl2F4N4O. The van der Waals surface area contributed by atoms with Crippen molar-refractivity contribution in [2.24, 2.45) is 0 Å². The highest BCUT2D eigenvalue weighted by Crippen LogP contribution is 2.32. The Bertz CT molecular complexity index is 868. The summed E-state index contributed by atoms with van der Waals surface area (Å²) in [5.74, 6) is -3.93. The van der Waals surface area contributed by atoms with Gasteiger partial charge in [0.05, 0.1) is 21.7 Å². The van der Waals surface area contributed by atoms with Gasteiger partial charge in [0.25, 0.3) is 18.3 Å². The first-order valence-electron chi connectivity index (χ1n) is 9.12. The van der Waals surface area contributed by atoms with Crippen LogP contribution in [-0.2, 0) is 0 Å². The van der Waals surface area contributed by atoms with Gasteiger partial charge in [-0.25, -0.2) is 27.5 Å². The summed E-state index contributed by atoms with van der Waals surface area (Å²) in [7, 11) is 0. The fourth-order valence-corrected chi connectivity index (χ4v) is 3.81. The molecule has 2 heterocycles. The number of rotatable bonds is 6. The first kappa shape index (κ1) is 22.7. The van der Waals surface area contributed by atoms with E-state index in [1.807, 2.05) is 0 Å². The Morgan fingerprint density at radius 1 is 1.13 bits per heavy atom. The second-order valence-electron chi connectivity index (χ2n) is 6.89. The van der Waals surface area contributed by atoms with Gasteiger partial charge in [-0.05, 0) is 12.1 Å². The number of piperidine rings is 1. The number of benzene rings is 1. The maximum atomic E-state index is 13.6. The van der Waals surface area contributed by atoms with E-state index in [0.29, 0.717) is 5.56 Å². The van der Waals surface area contributed by atoms with E-state index in [9.17, 15) is 22.4 Å². The number of hydrogen-bond donors (Lipinski definition) is 1. The first-order chi connectivity index (χ1) is 14.2. The summed E-state index contributed by atoms with van der Waals surface area (Å²) in [6.45, 7) is 0.136. The van der Waals surface area contributed by atoms with E-state index in [4.69, 9.17) is 23.2 Å². The topological polar surface area (TPSA) is 58.1 Å². The van der Waals surface area contributed by atoms with Gasteiger partial charge < -0.3 is 5.32 Å². The third-order valence-electron chi connectivity index (χ3n) is 4.89. The fourth-order valence-electron chi connectivity index (χ4n) is 3.25. The van der Waals surface area contributed by atoms with Crippen LogP contribution < -0.4 is 5.32 Å². The number of carbonyl (C=O) groups excluding carboxylic acids is 1. The zero-order chi connectivity index (χ0) is 21.9. The molecule has 162 valence electrons. The molecular weight excluding hydrogens is 447 g/mol. The lowest BCUT2D eigenvalue weighted by Crippen LogP contribution is -2.45. The highest BCUT2D eigenvalue weighted by molar-refractivity contribution is 6.39. The number of nitrogens with one attached hydrogen (secondary N) is 1. The Morgan fingerprint density at radius 3 is 2.23 bits per heavy atom. The number of carbonyl (C=O) groups is 1. The summed E-state index contributed by atoms with van der Waals surface area (Å²) in [5, 5.41) is 3.02. The van der Waals surface area contributed by atoms with E-state index in [2.05, 4.69) is 15.3 Å². The lowest BCUT2D eigenvalue weighted by atomic mass is 10.0. The van der Waals surface area contributed by atoms with E-state index in [-0.39, 0.29) is 48.1 Å². The van der Waals surface area contributed by atoms with Crippen LogP contribution in [-0.4, -0.2) is 46.3 Å². The van der Waals surface area contributed by atoms with Crippen molar-refractivity contribution in [1.29, 1.82) is 0 Å². The molecule has 11 heteroatoms. The van der Waals surface area contributed by atoms with Crippen LogP contribution >= 0.6 is 23.2 Å². The molecule has 1 aromatic carbocycles. The standard InChI is InChI=1S/C19H18Cl2F4N4O/c20-12-2-1-3-13(21)15(12)18(30)28-10-14(29-6-4-19(24,25)5-7-29)11-8-26-17(16(22)23)27-9-11/h1-3,8-9,14,16H,4-7,10H2,(H,28,30). The van der Waals surface area contributed by atoms with E-state index in [0.717, 1.165) is 0 Å². The highest BCUT2D eigenvalue weighted by Gasteiger charge is 2.37. The molecule has 0 saturated carbocycles. The van der Waals surface area contributed by atoms with Crippen molar-refractivity contribution in [3.8, 4) is 0 Å². The van der Waals surface area contributed by atoms with Gasteiger partial charge in [0.2, 0.25) is 0 Å². The van der Waals surface area contributed by atoms with Gasteiger partial charge in [-0.2, -0.15) is 0 Å². The Kier molecular flexibility index (Phi) is 7.15. The molecule has 0 radical (unpaired) electrons. The van der Waals surface area contributed by atoms with Crippen LogP contribution in [0.2, 0.25) is 10.0 Å². The molecule has 0 spiro atoms. The highest BCUT2D eigenvalue weighted by atomic mass is 35.5. The van der Waals surface area contributed by atoms with Gasteiger partial charge in [0.1, 0.15) is 0 Å². The number of alkyl halides is 4. The van der Waals surface area contributed by atoms with Crippen molar-refractivity contribution in [2.45, 2.75) is 31.2 Å². The summed E-state index contributed by atoms with van der Waals surface area (Å²) in [5.41, 5.74) is 0.518. The molecule has 30 heavy (non-hydrogen) atoms. The molecule has 1 aliphatic heterocycles. The Balaban J connectivity index is 1.80. The van der Waals surface area contributed by atoms with Crippen molar-refractivity contribution >= 4 is 29.1 Å². The average molecular weight is 465 g/mol. The molecule has 0 bridgehead atoms. The molecule has 1 aromatic heterocycles. The van der Waals surface area contributed by atoms with E-state index >= 15 is 0 Å². The summed E-state index contributed by atoms with van der Waals surface area (Å²) in [6.07, 6.45) is -1.07. The monoisotopic (exact) mass is 464 g/mol. The van der Waals surface area contributed by atoms with Gasteiger partial charge in [-0.15, -0.1) is 0 Å². The number of halogens is 6. The van der Waals surface area contributed by atoms with E-state index in [1.165, 1.54) is 24.5 Å². The fraction of sp³-hybridized carbons (Fsp3) is 0.421. The maximum absolute atomic E-state index is 13.6. The molecule has 1 N–H and O–H groups in total. The number of hydrogen-bond acceptors (Lipinski definition) is 4. The van der Waals surface area contributed by atoms with Crippen molar-refractivity contribution < 1.29 is 22.4 Å². The van der Waals surface area contributed by atoms with Gasteiger partial charge in [0, 0.05) is 50.4 Å². The quantitative estimate of drug-likeness (QED) is 0.616. The summed E-state index contributed by atoms with van der Waals surface area (Å²) in [6, 6.07) is 4.05. The van der Waals surface area contributed by atoms with Crippen molar-refractivity contribution in [3.63, 3.8) is 0 Å². The van der Waals surface area contributed by atoms with Crippen LogP contribution in [0.1, 0.15) is 47.1 Å². The third-order valence-corrected chi connectivity index (χ3v) is 5.52. The average Bonchev–Trinajstić information content (AvgIpc) is 2.69. The van der Waals surface area contributed by atoms with Crippen molar-refractivity contribution in [3.05, 3.63) is 57.6 Å². The van der Waals surface area contributed by atoms with Gasteiger partial charge in [-0.3, -0.25) is 9.69 Å². The molecule has 1 amide bonds. The van der Waals surface area contributed by atoms with Gasteiger partial charge in [0.15, 0.2) is 5.82 Å². The van der Waals surface area contributed by atoms with E-state index < -0.39 is 30.1 Å². The summed E-state index contributed by atoms with van der Waals surface area (Å²) in [4.78, 5) is 21.6. The van der Waals surface area contributed by atoms with Gasteiger partial charge in [-0.1, -0.05) is 29.3 Å². The van der Waals surface area contributed by atoms with Crippen LogP contribution in [0, 0.1) is 0 Å². The van der Waals surface area contributed by atoms with Crippen LogP contribution in [0.25, 0.3) is 0 Å². The molecule has 1 unspecified atom stereocenters. The molecule has 1 aliphatic rings. The minimum absolute atomic E-state index is 0.00332. The largest absolute Gasteiger partial charge is 0.350 e. The predicted octanol–water partition coefficient (Wildman–Crippen LogP) is 4.92. The molecule has 1 saturated heterocycles. The van der Waals surface area contributed by atoms with E-state index in [1.54, 1.807) is 11.0 Å². The first-order valence-corrected chi connectivity index (χ1v) is 9.87. The number of aromatic nitrogens is 2. The Morgan fingerprint density at radius 2 is 1.70 bits per heavy atom. The Labute approximate surface area is 180 Å². The van der Waals surface area contributed by atoms with Crippen LogP contribution in [0.4, 0.5) is 17.6 Å². The van der Waals surface area contributed by atoms with Crippen LogP contribution in [0.3, 0.4) is 0 Å². The summed E-state index contributed by atoms with van der Waals surface area (Å²) >= 11 is 12.1. The molecule has 0 aliphatic carbocycles. The minimum atomic E-state index is -2.83. The lowest BCUT2D eigenvalue weighted by molar-refractivity contribution is -0.0632. The summed E-state index contributed by atoms with van der Waals surface area (Å²) < 4.78 is 52.7. The minimum Gasteiger partial charge on any atom is -0.350 e. The normalized spacial score (nSPS) is 17.7. The third kappa shape index (κ3) is 5.39. The molecule has 1 atom stereocenters. The second kappa shape index (κ2) is 9.45. The smallest absolute Gasteiger partial charge is 0.297 e. The Hall–Kier alpha value is -1.97. The second-order valence-corrected chi connectivity index (χ2v) is 7.70. The lowest BCUT2D eigenvalue weighted by Gasteiger charge is -2.37. The molecule has 5 nitrogen and oxygen atoms in total. The molecule has 3 rings (SSSR count). The van der Waals surface area contributed by atoms with Crippen LogP contribution in [0.5, 0.6) is 0 Å². The predicted molar refractivity (Wildman–Crippen MR) is 104 cm³/mol. The number of amides is 1. The van der Waals surface area contributed by atoms with Crippen LogP contribution in [0.15, 0.2) is 30.6 Å². The SMILES string of the molecule is O=C(NCC(c1cnc(C(F)F)nc1)N1CCC(F)(F)CC1)c1c(Cl)cccc1Cl. The zero-order valence-corrected chi connectivity index (χ0v) is 17.1. The molecule has 1 fully saturated rings. The van der Waals surface area contributed by atoms with Gasteiger partial charge >= 0.3 is 0 Å². The zero-order valence-electron chi connectivity index (χ0n) is 15.6. The molecule has 2 aromatic rings. The maximum Gasteiger partial charge on any atom is 0.297 e. The number of nitrogens with zero attached hydrogens (tertiary/aromatic N) is 3. The van der Waals surface area contributed by atoms with Crippen molar-refractivity contribution in [1.82, 2.24) is 20.2 Å². The number of likely N-dealkylation sites (tertiary alicyclic amines) is 1.